The van der Waals surface area contributed by atoms with Crippen LogP contribution in [-0.2, 0) is 9.53 Å². The summed E-state index contributed by atoms with van der Waals surface area (Å²) in [5, 5.41) is 17.4. The summed E-state index contributed by atoms with van der Waals surface area (Å²) in [7, 11) is 1.46. The summed E-state index contributed by atoms with van der Waals surface area (Å²) in [4.78, 5) is 11.3. The topological polar surface area (TPSA) is 66.8 Å². The first kappa shape index (κ1) is 18.6. The number of ether oxygens (including phenoxy) is 1. The van der Waals surface area contributed by atoms with Crippen LogP contribution in [0.3, 0.4) is 0 Å². The van der Waals surface area contributed by atoms with Crippen molar-refractivity contribution in [1.82, 2.24) is 0 Å². The first-order valence-electron chi connectivity index (χ1n) is 7.05. The molecule has 4 nitrogen and oxygen atoms in total. The van der Waals surface area contributed by atoms with E-state index < -0.39 is 5.79 Å². The van der Waals surface area contributed by atoms with E-state index in [1.807, 2.05) is 0 Å². The van der Waals surface area contributed by atoms with Gasteiger partial charge in [-0.2, -0.15) is 0 Å². The average Bonchev–Trinajstić information content (AvgIpc) is 2.70. The SMILES string of the molecule is CC(C)C1CCC(C(=O)CO)C1C.COC(C)(C)O. The Morgan fingerprint density at radius 1 is 1.37 bits per heavy atom. The summed E-state index contributed by atoms with van der Waals surface area (Å²) in [5.74, 6) is 0.986. The van der Waals surface area contributed by atoms with Gasteiger partial charge in [-0.05, 0) is 44.4 Å². The highest BCUT2D eigenvalue weighted by molar-refractivity contribution is 5.82. The molecule has 0 aromatic carbocycles. The van der Waals surface area contributed by atoms with Gasteiger partial charge in [-0.1, -0.05) is 20.8 Å². The molecule has 3 atom stereocenters. The van der Waals surface area contributed by atoms with E-state index in [1.165, 1.54) is 7.11 Å². The van der Waals surface area contributed by atoms with Crippen molar-refractivity contribution in [1.29, 1.82) is 0 Å². The van der Waals surface area contributed by atoms with Crippen LogP contribution >= 0.6 is 0 Å². The average molecular weight is 274 g/mol. The molecule has 19 heavy (non-hydrogen) atoms. The van der Waals surface area contributed by atoms with Crippen molar-refractivity contribution < 1.29 is 19.7 Å². The van der Waals surface area contributed by atoms with Crippen molar-refractivity contribution >= 4 is 5.78 Å². The van der Waals surface area contributed by atoms with Crippen LogP contribution in [0.5, 0.6) is 0 Å². The van der Waals surface area contributed by atoms with E-state index in [2.05, 4.69) is 25.5 Å². The van der Waals surface area contributed by atoms with Crippen molar-refractivity contribution in [2.45, 2.75) is 53.2 Å². The minimum atomic E-state index is -0.958. The van der Waals surface area contributed by atoms with Gasteiger partial charge in [0.25, 0.3) is 0 Å². The van der Waals surface area contributed by atoms with Crippen LogP contribution in [0.25, 0.3) is 0 Å². The molecule has 4 heteroatoms. The van der Waals surface area contributed by atoms with Gasteiger partial charge in [-0.15, -0.1) is 0 Å². The molecule has 0 aromatic heterocycles. The van der Waals surface area contributed by atoms with Crippen molar-refractivity contribution in [3.05, 3.63) is 0 Å². The highest BCUT2D eigenvalue weighted by Gasteiger charge is 2.37. The molecule has 0 bridgehead atoms. The summed E-state index contributed by atoms with van der Waals surface area (Å²) in [5.41, 5.74) is 0. The molecule has 0 heterocycles. The maximum absolute atomic E-state index is 11.3. The molecule has 0 spiro atoms. The van der Waals surface area contributed by atoms with Gasteiger partial charge in [0.05, 0.1) is 0 Å². The number of aliphatic hydroxyl groups is 2. The highest BCUT2D eigenvalue weighted by Crippen LogP contribution is 2.41. The van der Waals surface area contributed by atoms with E-state index in [9.17, 15) is 4.79 Å². The van der Waals surface area contributed by atoms with Gasteiger partial charge in [-0.25, -0.2) is 0 Å². The molecule has 0 radical (unpaired) electrons. The number of methoxy groups -OCH3 is 1. The van der Waals surface area contributed by atoms with Crippen molar-refractivity contribution in [3.8, 4) is 0 Å². The lowest BCUT2D eigenvalue weighted by molar-refractivity contribution is -0.155. The Morgan fingerprint density at radius 2 is 1.84 bits per heavy atom. The standard InChI is InChI=1S/C11H20O2.C4H10O2/c1-7(2)9-4-5-10(8(9)3)11(13)6-12;1-4(2,5)6-3/h7-10,12H,4-6H2,1-3H3;5H,1-3H3. The largest absolute Gasteiger partial charge is 0.389 e. The zero-order chi connectivity index (χ0) is 15.2. The van der Waals surface area contributed by atoms with Crippen LogP contribution in [0.1, 0.15) is 47.5 Å². The second-order valence-electron chi connectivity index (χ2n) is 6.23. The van der Waals surface area contributed by atoms with E-state index in [0.29, 0.717) is 17.8 Å². The van der Waals surface area contributed by atoms with E-state index >= 15 is 0 Å². The van der Waals surface area contributed by atoms with E-state index in [-0.39, 0.29) is 18.3 Å². The van der Waals surface area contributed by atoms with Gasteiger partial charge < -0.3 is 14.9 Å². The number of ketones is 1. The Hall–Kier alpha value is -0.450. The van der Waals surface area contributed by atoms with E-state index in [0.717, 1.165) is 12.8 Å². The minimum Gasteiger partial charge on any atom is -0.389 e. The summed E-state index contributed by atoms with van der Waals surface area (Å²) in [6, 6.07) is 0. The second-order valence-corrected chi connectivity index (χ2v) is 6.23. The molecule has 0 aliphatic heterocycles. The molecule has 0 saturated heterocycles. The third-order valence-corrected chi connectivity index (χ3v) is 4.05. The number of rotatable bonds is 4. The Bertz CT molecular complexity index is 268. The monoisotopic (exact) mass is 274 g/mol. The Morgan fingerprint density at radius 3 is 2.11 bits per heavy atom. The molecule has 1 aliphatic carbocycles. The highest BCUT2D eigenvalue weighted by atomic mass is 16.6. The first-order valence-corrected chi connectivity index (χ1v) is 7.05. The van der Waals surface area contributed by atoms with Gasteiger partial charge in [-0.3, -0.25) is 4.79 Å². The molecule has 3 unspecified atom stereocenters. The Kier molecular flexibility index (Phi) is 7.79. The normalized spacial score (nSPS) is 27.1. The van der Waals surface area contributed by atoms with Crippen LogP contribution < -0.4 is 0 Å². The lowest BCUT2D eigenvalue weighted by Gasteiger charge is -2.22. The third kappa shape index (κ3) is 6.50. The summed E-state index contributed by atoms with van der Waals surface area (Å²) in [6.45, 7) is 9.45. The van der Waals surface area contributed by atoms with Gasteiger partial charge in [0, 0.05) is 13.0 Å². The Labute approximate surface area is 117 Å². The fourth-order valence-electron chi connectivity index (χ4n) is 2.71. The number of hydrogen-bond donors (Lipinski definition) is 2. The predicted octanol–water partition coefficient (Wildman–Crippen LogP) is 2.23. The summed E-state index contributed by atoms with van der Waals surface area (Å²) < 4.78 is 4.49. The lowest BCUT2D eigenvalue weighted by Crippen LogP contribution is -2.24. The predicted molar refractivity (Wildman–Crippen MR) is 75.6 cm³/mol. The number of carbonyl (C=O) groups excluding carboxylic acids is 1. The molecule has 1 saturated carbocycles. The van der Waals surface area contributed by atoms with Crippen LogP contribution in [-0.4, -0.2) is 35.5 Å². The van der Waals surface area contributed by atoms with E-state index in [1.54, 1.807) is 13.8 Å². The molecule has 0 amide bonds. The summed E-state index contributed by atoms with van der Waals surface area (Å²) >= 11 is 0. The summed E-state index contributed by atoms with van der Waals surface area (Å²) in [6.07, 6.45) is 2.12. The van der Waals surface area contributed by atoms with Crippen molar-refractivity contribution in [3.63, 3.8) is 0 Å². The zero-order valence-corrected chi connectivity index (χ0v) is 13.1. The number of hydrogen-bond acceptors (Lipinski definition) is 4. The first-order chi connectivity index (χ1) is 8.64. The fourth-order valence-corrected chi connectivity index (χ4v) is 2.71. The van der Waals surface area contributed by atoms with Crippen LogP contribution in [0.2, 0.25) is 0 Å². The number of Topliss-reactive ketones (excluding diaryl/α,β-unsaturated/α-hetero) is 1. The maximum Gasteiger partial charge on any atom is 0.161 e. The smallest absolute Gasteiger partial charge is 0.161 e. The van der Waals surface area contributed by atoms with Crippen LogP contribution in [0.4, 0.5) is 0 Å². The molecule has 1 rings (SSSR count). The second kappa shape index (κ2) is 7.98. The molecular formula is C15H30O4. The quantitative estimate of drug-likeness (QED) is 0.771. The van der Waals surface area contributed by atoms with Gasteiger partial charge in [0.1, 0.15) is 6.61 Å². The minimum absolute atomic E-state index is 0.0376. The zero-order valence-electron chi connectivity index (χ0n) is 13.1. The fraction of sp³-hybridized carbons (Fsp3) is 0.933. The third-order valence-electron chi connectivity index (χ3n) is 4.05. The molecule has 0 aromatic rings. The van der Waals surface area contributed by atoms with Gasteiger partial charge in [0.15, 0.2) is 11.6 Å². The van der Waals surface area contributed by atoms with Gasteiger partial charge in [0.2, 0.25) is 0 Å². The number of aliphatic hydroxyl groups excluding tert-OH is 1. The van der Waals surface area contributed by atoms with E-state index in [4.69, 9.17) is 10.2 Å². The molecule has 1 fully saturated rings. The van der Waals surface area contributed by atoms with Gasteiger partial charge >= 0.3 is 0 Å². The van der Waals surface area contributed by atoms with Crippen LogP contribution in [0.15, 0.2) is 0 Å². The molecule has 2 N–H and O–H groups in total. The molecule has 114 valence electrons. The number of carbonyl (C=O) groups is 1. The lowest BCUT2D eigenvalue weighted by atomic mass is 9.83. The van der Waals surface area contributed by atoms with Crippen LogP contribution in [0, 0.1) is 23.7 Å². The maximum atomic E-state index is 11.3. The molecular weight excluding hydrogens is 244 g/mol. The Balaban J connectivity index is 0.000000459. The van der Waals surface area contributed by atoms with Crippen molar-refractivity contribution in [2.75, 3.05) is 13.7 Å². The van der Waals surface area contributed by atoms with Crippen molar-refractivity contribution in [2.24, 2.45) is 23.7 Å². The molecule has 1 aliphatic rings.